The van der Waals surface area contributed by atoms with E-state index in [0.717, 1.165) is 10.7 Å². The van der Waals surface area contributed by atoms with E-state index in [-0.39, 0.29) is 19.0 Å². The fourth-order valence-corrected chi connectivity index (χ4v) is 2.02. The molecule has 124 valence electrons. The van der Waals surface area contributed by atoms with E-state index in [1.54, 1.807) is 30.3 Å². The highest BCUT2D eigenvalue weighted by Gasteiger charge is 2.16. The Hall–Kier alpha value is -3.03. The zero-order valence-corrected chi connectivity index (χ0v) is 12.2. The first-order valence-electron chi connectivity index (χ1n) is 6.96. The van der Waals surface area contributed by atoms with E-state index in [1.165, 1.54) is 0 Å². The van der Waals surface area contributed by atoms with Crippen molar-refractivity contribution in [1.82, 2.24) is 9.78 Å². The molecule has 0 amide bonds. The van der Waals surface area contributed by atoms with Gasteiger partial charge >= 0.3 is 5.76 Å². The minimum absolute atomic E-state index is 0.115. The highest BCUT2D eigenvalue weighted by Crippen LogP contribution is 2.23. The topological polar surface area (TPSA) is 57.3 Å². The van der Waals surface area contributed by atoms with Gasteiger partial charge in [-0.05, 0) is 24.3 Å². The number of rotatable bonds is 5. The Morgan fingerprint density at radius 2 is 1.75 bits per heavy atom. The lowest BCUT2D eigenvalue weighted by Crippen LogP contribution is -2.20. The fourth-order valence-electron chi connectivity index (χ4n) is 2.02. The summed E-state index contributed by atoms with van der Waals surface area (Å²) in [6.07, 6.45) is 0. The highest BCUT2D eigenvalue weighted by atomic mass is 19.2. The molecule has 24 heavy (non-hydrogen) atoms. The molecular formula is C16H11F3N2O3. The second kappa shape index (κ2) is 6.61. The van der Waals surface area contributed by atoms with Crippen LogP contribution in [0.25, 0.3) is 11.5 Å². The summed E-state index contributed by atoms with van der Waals surface area (Å²) >= 11 is 0. The van der Waals surface area contributed by atoms with Crippen molar-refractivity contribution in [3.63, 3.8) is 0 Å². The zero-order valence-electron chi connectivity index (χ0n) is 12.2. The molecule has 5 nitrogen and oxygen atoms in total. The van der Waals surface area contributed by atoms with Gasteiger partial charge in [-0.25, -0.2) is 13.6 Å². The van der Waals surface area contributed by atoms with Gasteiger partial charge in [0.1, 0.15) is 6.61 Å². The predicted molar refractivity (Wildman–Crippen MR) is 78.0 cm³/mol. The van der Waals surface area contributed by atoms with Crippen molar-refractivity contribution < 1.29 is 22.3 Å². The van der Waals surface area contributed by atoms with Crippen LogP contribution in [0.15, 0.2) is 51.7 Å². The monoisotopic (exact) mass is 336 g/mol. The van der Waals surface area contributed by atoms with Crippen molar-refractivity contribution in [2.45, 2.75) is 6.54 Å². The molecule has 2 aromatic carbocycles. The molecule has 0 atom stereocenters. The molecular weight excluding hydrogens is 325 g/mol. The third-order valence-electron chi connectivity index (χ3n) is 3.18. The van der Waals surface area contributed by atoms with Crippen LogP contribution in [0.2, 0.25) is 0 Å². The number of aromatic nitrogens is 2. The quantitative estimate of drug-likeness (QED) is 0.672. The van der Waals surface area contributed by atoms with Gasteiger partial charge in [-0.1, -0.05) is 18.2 Å². The summed E-state index contributed by atoms with van der Waals surface area (Å²) in [4.78, 5) is 11.7. The smallest absolute Gasteiger partial charge is 0.437 e. The zero-order chi connectivity index (χ0) is 17.1. The lowest BCUT2D eigenvalue weighted by Gasteiger charge is -2.07. The third kappa shape index (κ3) is 3.17. The van der Waals surface area contributed by atoms with Crippen molar-refractivity contribution in [2.75, 3.05) is 6.61 Å². The lowest BCUT2D eigenvalue weighted by atomic mass is 10.2. The molecule has 0 unspecified atom stereocenters. The maximum atomic E-state index is 13.5. The van der Waals surface area contributed by atoms with Crippen molar-refractivity contribution in [1.29, 1.82) is 0 Å². The third-order valence-corrected chi connectivity index (χ3v) is 3.18. The van der Waals surface area contributed by atoms with E-state index in [2.05, 4.69) is 5.10 Å². The van der Waals surface area contributed by atoms with Gasteiger partial charge < -0.3 is 9.15 Å². The molecule has 3 aromatic rings. The second-order valence-electron chi connectivity index (χ2n) is 4.78. The molecule has 1 aromatic heterocycles. The Labute approximate surface area is 133 Å². The van der Waals surface area contributed by atoms with Crippen LogP contribution < -0.4 is 10.5 Å². The molecule has 0 fully saturated rings. The van der Waals surface area contributed by atoms with Crippen molar-refractivity contribution in [3.8, 4) is 17.2 Å². The number of halogens is 3. The number of ether oxygens (including phenoxy) is 1. The first-order chi connectivity index (χ1) is 11.6. The Kier molecular flexibility index (Phi) is 4.37. The predicted octanol–water partition coefficient (Wildman–Crippen LogP) is 3.00. The Bertz CT molecular complexity index is 907. The summed E-state index contributed by atoms with van der Waals surface area (Å²) in [6, 6.07) is 10.1. The normalized spacial score (nSPS) is 10.8. The van der Waals surface area contributed by atoms with Gasteiger partial charge in [-0.3, -0.25) is 0 Å². The van der Waals surface area contributed by atoms with Gasteiger partial charge in [-0.2, -0.15) is 9.07 Å². The molecule has 0 spiro atoms. The standard InChI is InChI=1S/C16H11F3N2O3/c17-11-6-7-12(18)14(13(11)19)23-9-8-21-16(22)24-15(20-21)10-4-2-1-3-5-10/h1-7H,8-9H2. The SMILES string of the molecule is O=c1oc(-c2ccccc2)nn1CCOc1c(F)ccc(F)c1F. The molecule has 0 aliphatic rings. The number of nitrogens with zero attached hydrogens (tertiary/aromatic N) is 2. The summed E-state index contributed by atoms with van der Waals surface area (Å²) in [6.45, 7) is -0.414. The van der Waals surface area contributed by atoms with Crippen LogP contribution in [-0.4, -0.2) is 16.4 Å². The molecule has 0 bridgehead atoms. The van der Waals surface area contributed by atoms with E-state index in [1.807, 2.05) is 0 Å². The van der Waals surface area contributed by atoms with E-state index in [4.69, 9.17) is 9.15 Å². The summed E-state index contributed by atoms with van der Waals surface area (Å²) in [5.74, 6) is -5.15. The van der Waals surface area contributed by atoms with Crippen molar-refractivity contribution >= 4 is 0 Å². The van der Waals surface area contributed by atoms with Crippen LogP contribution in [0.1, 0.15) is 0 Å². The minimum Gasteiger partial charge on any atom is -0.486 e. The van der Waals surface area contributed by atoms with Gasteiger partial charge in [0.25, 0.3) is 0 Å². The van der Waals surface area contributed by atoms with E-state index in [0.29, 0.717) is 11.6 Å². The van der Waals surface area contributed by atoms with Gasteiger partial charge in [0.2, 0.25) is 11.7 Å². The maximum absolute atomic E-state index is 13.5. The first-order valence-corrected chi connectivity index (χ1v) is 6.96. The second-order valence-corrected chi connectivity index (χ2v) is 4.78. The molecule has 0 saturated heterocycles. The van der Waals surface area contributed by atoms with Crippen LogP contribution in [0.5, 0.6) is 5.75 Å². The van der Waals surface area contributed by atoms with Crippen LogP contribution in [0, 0.1) is 17.5 Å². The van der Waals surface area contributed by atoms with Crippen LogP contribution in [0.3, 0.4) is 0 Å². The van der Waals surface area contributed by atoms with Crippen molar-refractivity contribution in [2.24, 2.45) is 0 Å². The molecule has 3 rings (SSSR count). The molecule has 0 radical (unpaired) electrons. The van der Waals surface area contributed by atoms with E-state index in [9.17, 15) is 18.0 Å². The molecule has 0 saturated carbocycles. The first kappa shape index (κ1) is 15.9. The van der Waals surface area contributed by atoms with Crippen LogP contribution >= 0.6 is 0 Å². The Balaban J connectivity index is 1.71. The maximum Gasteiger partial charge on any atom is 0.437 e. The molecule has 8 heteroatoms. The van der Waals surface area contributed by atoms with E-state index < -0.39 is 29.0 Å². The summed E-state index contributed by atoms with van der Waals surface area (Å²) in [5, 5.41) is 3.97. The van der Waals surface area contributed by atoms with Crippen LogP contribution in [0.4, 0.5) is 13.2 Å². The van der Waals surface area contributed by atoms with Crippen molar-refractivity contribution in [3.05, 3.63) is 70.5 Å². The fraction of sp³-hybridized carbons (Fsp3) is 0.125. The highest BCUT2D eigenvalue weighted by molar-refractivity contribution is 5.51. The summed E-state index contributed by atoms with van der Waals surface area (Å²) < 4.78 is 50.8. The van der Waals surface area contributed by atoms with E-state index >= 15 is 0 Å². The summed E-state index contributed by atoms with van der Waals surface area (Å²) in [7, 11) is 0. The largest absolute Gasteiger partial charge is 0.486 e. The van der Waals surface area contributed by atoms with Gasteiger partial charge in [0.15, 0.2) is 17.4 Å². The molecule has 0 aliphatic heterocycles. The summed E-state index contributed by atoms with van der Waals surface area (Å²) in [5.41, 5.74) is 0.608. The average molecular weight is 336 g/mol. The Morgan fingerprint density at radius 3 is 2.50 bits per heavy atom. The number of hydrogen-bond acceptors (Lipinski definition) is 4. The lowest BCUT2D eigenvalue weighted by molar-refractivity contribution is 0.256. The van der Waals surface area contributed by atoms with Gasteiger partial charge in [-0.15, -0.1) is 5.10 Å². The van der Waals surface area contributed by atoms with Crippen LogP contribution in [-0.2, 0) is 6.54 Å². The minimum atomic E-state index is -1.42. The Morgan fingerprint density at radius 1 is 1.04 bits per heavy atom. The number of hydrogen-bond donors (Lipinski definition) is 0. The molecule has 0 N–H and O–H groups in total. The van der Waals surface area contributed by atoms with Gasteiger partial charge in [0.05, 0.1) is 6.54 Å². The number of benzene rings is 2. The molecule has 0 aliphatic carbocycles. The molecule has 1 heterocycles. The van der Waals surface area contributed by atoms with Gasteiger partial charge in [0, 0.05) is 5.56 Å². The average Bonchev–Trinajstić information content (AvgIpc) is 2.96.